The Bertz CT molecular complexity index is 1710. The molecule has 3 amide bonds. The van der Waals surface area contributed by atoms with Crippen LogP contribution in [0.4, 0.5) is 30.2 Å². The van der Waals surface area contributed by atoms with Crippen molar-refractivity contribution in [1.82, 2.24) is 25.6 Å². The van der Waals surface area contributed by atoms with Gasteiger partial charge in [0.15, 0.2) is 12.0 Å². The Balaban J connectivity index is 1.68. The number of hydroxylamine groups is 1. The van der Waals surface area contributed by atoms with E-state index in [4.69, 9.17) is 4.74 Å². The zero-order valence-electron chi connectivity index (χ0n) is 25.1. The van der Waals surface area contributed by atoms with E-state index >= 15 is 0 Å². The Morgan fingerprint density at radius 3 is 2.39 bits per heavy atom. The van der Waals surface area contributed by atoms with E-state index in [2.05, 4.69) is 30.8 Å². The molecule has 46 heavy (non-hydrogen) atoms. The zero-order valence-corrected chi connectivity index (χ0v) is 25.9. The average Bonchev–Trinajstić information content (AvgIpc) is 3.40. The molecule has 0 bridgehead atoms. The first-order valence-electron chi connectivity index (χ1n) is 13.7. The third-order valence-electron chi connectivity index (χ3n) is 7.22. The van der Waals surface area contributed by atoms with Crippen molar-refractivity contribution in [3.05, 3.63) is 77.0 Å². The van der Waals surface area contributed by atoms with Crippen LogP contribution in [0.15, 0.2) is 48.7 Å². The van der Waals surface area contributed by atoms with E-state index < -0.39 is 36.8 Å². The van der Waals surface area contributed by atoms with Crippen LogP contribution >= 0.6 is 11.3 Å². The van der Waals surface area contributed by atoms with Gasteiger partial charge < -0.3 is 24.7 Å². The quantitative estimate of drug-likeness (QED) is 0.195. The number of carbonyl (C=O) groups is 2. The van der Waals surface area contributed by atoms with E-state index in [9.17, 15) is 28.6 Å². The summed E-state index contributed by atoms with van der Waals surface area (Å²) in [4.78, 5) is 37.6. The highest BCUT2D eigenvalue weighted by Crippen LogP contribution is 2.51. The number of ether oxygens (including phenoxy) is 1. The SMILES string of the molecule is CONC(=O)Nc1ccc(-c2sc3c(c2CN(C)C(C)=O)C(O)N(c2ccc(OC)nn2)C(O)N3Cc2c(F)cccc2F)cn1. The van der Waals surface area contributed by atoms with Gasteiger partial charge >= 0.3 is 6.03 Å². The van der Waals surface area contributed by atoms with Gasteiger partial charge in [0.1, 0.15) is 22.5 Å². The molecule has 0 saturated carbocycles. The molecule has 4 N–H and O–H groups in total. The summed E-state index contributed by atoms with van der Waals surface area (Å²) in [7, 11) is 4.27. The van der Waals surface area contributed by atoms with Crippen molar-refractivity contribution in [3.8, 4) is 16.3 Å². The number of aliphatic hydroxyl groups is 2. The highest BCUT2D eigenvalue weighted by molar-refractivity contribution is 7.20. The van der Waals surface area contributed by atoms with E-state index in [1.54, 1.807) is 19.2 Å². The number of methoxy groups -OCH3 is 1. The molecule has 0 saturated heterocycles. The van der Waals surface area contributed by atoms with Crippen molar-refractivity contribution >= 4 is 39.9 Å². The Morgan fingerprint density at radius 2 is 1.80 bits per heavy atom. The molecule has 5 rings (SSSR count). The van der Waals surface area contributed by atoms with Crippen molar-refractivity contribution in [2.45, 2.75) is 32.6 Å². The number of pyridine rings is 1. The summed E-state index contributed by atoms with van der Waals surface area (Å²) in [5.74, 6) is -1.49. The molecule has 2 unspecified atom stereocenters. The number of benzene rings is 1. The summed E-state index contributed by atoms with van der Waals surface area (Å²) in [5.41, 5.74) is 3.11. The number of hydrogen-bond acceptors (Lipinski definition) is 12. The lowest BCUT2D eigenvalue weighted by Crippen LogP contribution is -2.54. The Hall–Kier alpha value is -4.97. The van der Waals surface area contributed by atoms with Gasteiger partial charge in [0.05, 0.1) is 20.8 Å². The van der Waals surface area contributed by atoms with Gasteiger partial charge in [-0.15, -0.1) is 21.5 Å². The normalized spacial score (nSPS) is 15.7. The fourth-order valence-corrected chi connectivity index (χ4v) is 6.19. The van der Waals surface area contributed by atoms with Gasteiger partial charge in [0.25, 0.3) is 0 Å². The maximum atomic E-state index is 14.9. The number of rotatable bonds is 9. The molecule has 4 heterocycles. The summed E-state index contributed by atoms with van der Waals surface area (Å²) in [6.45, 7) is 0.972. The smallest absolute Gasteiger partial charge is 0.344 e. The number of halogens is 2. The molecule has 1 aliphatic rings. The number of amides is 3. The lowest BCUT2D eigenvalue weighted by atomic mass is 10.0. The zero-order chi connectivity index (χ0) is 33.1. The molecule has 4 aromatic rings. The fourth-order valence-electron chi connectivity index (χ4n) is 4.85. The van der Waals surface area contributed by atoms with Gasteiger partial charge in [0.2, 0.25) is 18.1 Å². The van der Waals surface area contributed by atoms with Crippen LogP contribution in [-0.2, 0) is 22.7 Å². The molecule has 3 aromatic heterocycles. The number of aromatic nitrogens is 3. The van der Waals surface area contributed by atoms with Gasteiger partial charge in [-0.3, -0.25) is 19.8 Å². The second-order valence-corrected chi connectivity index (χ2v) is 11.1. The summed E-state index contributed by atoms with van der Waals surface area (Å²) in [5, 5.41) is 34.4. The van der Waals surface area contributed by atoms with Crippen LogP contribution in [0.5, 0.6) is 5.88 Å². The first-order chi connectivity index (χ1) is 22.0. The van der Waals surface area contributed by atoms with Gasteiger partial charge in [-0.2, -0.15) is 0 Å². The number of aliphatic hydroxyl groups excluding tert-OH is 2. The van der Waals surface area contributed by atoms with Crippen LogP contribution in [0.1, 0.15) is 29.8 Å². The van der Waals surface area contributed by atoms with Crippen molar-refractivity contribution < 1.29 is 38.2 Å². The molecule has 1 aliphatic heterocycles. The Labute approximate surface area is 265 Å². The maximum Gasteiger partial charge on any atom is 0.344 e. The maximum absolute atomic E-state index is 14.9. The van der Waals surface area contributed by atoms with E-state index in [0.717, 1.165) is 28.4 Å². The number of thiophene rings is 1. The molecule has 0 aliphatic carbocycles. The van der Waals surface area contributed by atoms with Crippen LogP contribution in [0.2, 0.25) is 0 Å². The van der Waals surface area contributed by atoms with Crippen molar-refractivity contribution in [2.75, 3.05) is 36.4 Å². The minimum atomic E-state index is -1.67. The summed E-state index contributed by atoms with van der Waals surface area (Å²) >= 11 is 1.13. The molecular formula is C29H30F2N8O6S. The second kappa shape index (κ2) is 13.6. The molecule has 242 valence electrons. The topological polar surface area (TPSA) is 166 Å². The predicted octanol–water partition coefficient (Wildman–Crippen LogP) is 3.34. The highest BCUT2D eigenvalue weighted by atomic mass is 32.1. The van der Waals surface area contributed by atoms with Gasteiger partial charge in [0, 0.05) is 59.9 Å². The minimum Gasteiger partial charge on any atom is -0.480 e. The number of nitrogens with zero attached hydrogens (tertiary/aromatic N) is 6. The summed E-state index contributed by atoms with van der Waals surface area (Å²) in [6.07, 6.45) is -1.73. The van der Waals surface area contributed by atoms with Crippen LogP contribution in [0, 0.1) is 11.6 Å². The Kier molecular flexibility index (Phi) is 9.57. The van der Waals surface area contributed by atoms with Crippen LogP contribution in [0.3, 0.4) is 0 Å². The Morgan fingerprint density at radius 1 is 1.07 bits per heavy atom. The van der Waals surface area contributed by atoms with E-state index in [1.165, 1.54) is 55.3 Å². The third-order valence-corrected chi connectivity index (χ3v) is 8.56. The van der Waals surface area contributed by atoms with Gasteiger partial charge in [-0.25, -0.2) is 24.0 Å². The van der Waals surface area contributed by atoms with E-state index in [-0.39, 0.29) is 41.1 Å². The number of anilines is 3. The number of fused-ring (bicyclic) bond motifs is 1. The van der Waals surface area contributed by atoms with Crippen LogP contribution in [-0.4, -0.2) is 69.9 Å². The largest absolute Gasteiger partial charge is 0.480 e. The number of nitrogens with one attached hydrogen (secondary N) is 2. The summed E-state index contributed by atoms with van der Waals surface area (Å²) in [6, 6.07) is 8.97. The van der Waals surface area contributed by atoms with Gasteiger partial charge in [-0.05, 0) is 30.3 Å². The molecule has 0 radical (unpaired) electrons. The number of urea groups is 1. The molecule has 14 nitrogen and oxygen atoms in total. The van der Waals surface area contributed by atoms with Gasteiger partial charge in [-0.1, -0.05) is 6.07 Å². The predicted molar refractivity (Wildman–Crippen MR) is 163 cm³/mol. The lowest BCUT2D eigenvalue weighted by molar-refractivity contribution is -0.128. The average molecular weight is 657 g/mol. The lowest BCUT2D eigenvalue weighted by Gasteiger charge is -2.44. The summed E-state index contributed by atoms with van der Waals surface area (Å²) < 4.78 is 35.0. The molecule has 1 aromatic carbocycles. The monoisotopic (exact) mass is 656 g/mol. The van der Waals surface area contributed by atoms with E-state index in [0.29, 0.717) is 21.0 Å². The van der Waals surface area contributed by atoms with E-state index in [1.807, 2.05) is 0 Å². The molecule has 0 spiro atoms. The highest BCUT2D eigenvalue weighted by Gasteiger charge is 2.43. The first kappa shape index (κ1) is 32.4. The van der Waals surface area contributed by atoms with Crippen LogP contribution < -0.4 is 25.3 Å². The molecule has 0 fully saturated rings. The minimum absolute atomic E-state index is 0.0178. The third kappa shape index (κ3) is 6.38. The van der Waals surface area contributed by atoms with Crippen LogP contribution in [0.25, 0.3) is 10.4 Å². The molecular weight excluding hydrogens is 626 g/mol. The van der Waals surface area contributed by atoms with Crippen molar-refractivity contribution in [2.24, 2.45) is 0 Å². The van der Waals surface area contributed by atoms with Crippen molar-refractivity contribution in [1.29, 1.82) is 0 Å². The molecule has 17 heteroatoms. The van der Waals surface area contributed by atoms with Crippen molar-refractivity contribution in [3.63, 3.8) is 0 Å². The number of hydrogen-bond donors (Lipinski definition) is 4. The molecule has 2 atom stereocenters. The standard InChI is InChI=1S/C29H30F2N8O6S/c1-15(40)37(2)13-18-24-26(41)39(22-10-11-23(44-3)35-34-22)29(43)38(14-17-19(30)6-5-7-20(17)31)27(24)46-25(18)16-8-9-21(32-12-16)33-28(42)36-45-4/h5-12,26,29,41,43H,13-14H2,1-4H3,(H2,32,33,36,42). The number of carbonyl (C=O) groups excluding carboxylic acids is 2. The fraction of sp³-hybridized carbons (Fsp3) is 0.276. The first-order valence-corrected chi connectivity index (χ1v) is 14.5. The second-order valence-electron chi connectivity index (χ2n) is 10.1.